The van der Waals surface area contributed by atoms with Crippen molar-refractivity contribution in [3.63, 3.8) is 0 Å². The summed E-state index contributed by atoms with van der Waals surface area (Å²) in [5.41, 5.74) is 1.43. The maximum absolute atomic E-state index is 12.9. The average Bonchev–Trinajstić information content (AvgIpc) is 3.06. The fourth-order valence-corrected chi connectivity index (χ4v) is 3.88. The van der Waals surface area contributed by atoms with Gasteiger partial charge in [-0.2, -0.15) is 13.2 Å². The Morgan fingerprint density at radius 1 is 1.31 bits per heavy atom. The number of likely N-dealkylation sites (tertiary alicyclic amines) is 1. The van der Waals surface area contributed by atoms with Crippen LogP contribution in [0.25, 0.3) is 0 Å². The lowest BCUT2D eigenvalue weighted by Gasteiger charge is -2.32. The van der Waals surface area contributed by atoms with E-state index in [-0.39, 0.29) is 23.8 Å². The second-order valence-electron chi connectivity index (χ2n) is 6.30. The summed E-state index contributed by atoms with van der Waals surface area (Å²) in [5, 5.41) is 0. The summed E-state index contributed by atoms with van der Waals surface area (Å²) >= 11 is 1.25. The zero-order valence-electron chi connectivity index (χ0n) is 14.0. The minimum Gasteiger partial charge on any atom is -0.337 e. The smallest absolute Gasteiger partial charge is 0.337 e. The van der Waals surface area contributed by atoms with Crippen LogP contribution in [-0.2, 0) is 6.18 Å². The normalized spacial score (nSPS) is 18.0. The molecule has 0 aliphatic carbocycles. The van der Waals surface area contributed by atoms with Crippen molar-refractivity contribution in [3.05, 3.63) is 51.5 Å². The van der Waals surface area contributed by atoms with Gasteiger partial charge in [-0.25, -0.2) is 4.98 Å². The van der Waals surface area contributed by atoms with Crippen LogP contribution in [0.1, 0.15) is 44.1 Å². The Labute approximate surface area is 152 Å². The number of ketones is 1. The number of thiazole rings is 1. The van der Waals surface area contributed by atoms with Crippen molar-refractivity contribution in [3.8, 4) is 0 Å². The van der Waals surface area contributed by atoms with E-state index in [9.17, 15) is 22.8 Å². The summed E-state index contributed by atoms with van der Waals surface area (Å²) in [5.74, 6) is -1.02. The van der Waals surface area contributed by atoms with E-state index in [1.807, 2.05) is 0 Å². The molecule has 0 bridgehead atoms. The largest absolute Gasteiger partial charge is 0.416 e. The van der Waals surface area contributed by atoms with E-state index in [1.165, 1.54) is 23.5 Å². The highest BCUT2D eigenvalue weighted by atomic mass is 32.1. The highest BCUT2D eigenvalue weighted by Gasteiger charge is 2.33. The molecular formula is C18H17F3N2O2S. The van der Waals surface area contributed by atoms with Gasteiger partial charge in [-0.3, -0.25) is 9.59 Å². The van der Waals surface area contributed by atoms with Crippen LogP contribution in [0.3, 0.4) is 0 Å². The number of hydrogen-bond acceptors (Lipinski definition) is 4. The van der Waals surface area contributed by atoms with Gasteiger partial charge in [0.15, 0.2) is 5.78 Å². The van der Waals surface area contributed by atoms with Crippen LogP contribution in [0.4, 0.5) is 13.2 Å². The highest BCUT2D eigenvalue weighted by Crippen LogP contribution is 2.31. The van der Waals surface area contributed by atoms with Crippen LogP contribution in [0.2, 0.25) is 0 Å². The first kappa shape index (κ1) is 18.6. The van der Waals surface area contributed by atoms with E-state index >= 15 is 0 Å². The van der Waals surface area contributed by atoms with Crippen molar-refractivity contribution in [1.82, 2.24) is 9.88 Å². The number of aryl methyl sites for hydroxylation is 1. The number of hydrogen-bond donors (Lipinski definition) is 0. The van der Waals surface area contributed by atoms with Gasteiger partial charge in [0.25, 0.3) is 5.91 Å². The first-order chi connectivity index (χ1) is 12.3. The number of piperidine rings is 1. The fourth-order valence-electron chi connectivity index (χ4n) is 3.11. The number of rotatable bonds is 3. The molecule has 0 unspecified atom stereocenters. The number of amides is 1. The molecule has 1 amide bonds. The van der Waals surface area contributed by atoms with Gasteiger partial charge < -0.3 is 4.90 Å². The zero-order chi connectivity index (χ0) is 18.9. The number of carbonyl (C=O) groups excluding carboxylic acids is 2. The molecule has 0 saturated carbocycles. The van der Waals surface area contributed by atoms with Gasteiger partial charge in [0.2, 0.25) is 0 Å². The summed E-state index contributed by atoms with van der Waals surface area (Å²) in [6.45, 7) is 2.49. The topological polar surface area (TPSA) is 50.3 Å². The number of alkyl halides is 3. The molecule has 1 aromatic heterocycles. The molecule has 1 atom stereocenters. The molecule has 8 heteroatoms. The predicted octanol–water partition coefficient (Wildman–Crippen LogP) is 4.21. The molecular weight excluding hydrogens is 365 g/mol. The molecule has 1 aliphatic heterocycles. The lowest BCUT2D eigenvalue weighted by atomic mass is 9.89. The molecule has 26 heavy (non-hydrogen) atoms. The average molecular weight is 382 g/mol. The molecule has 0 spiro atoms. The number of halogens is 3. The number of aromatic nitrogens is 1. The van der Waals surface area contributed by atoms with Crippen molar-refractivity contribution in [2.24, 2.45) is 5.92 Å². The molecule has 0 radical (unpaired) electrons. The number of benzene rings is 1. The Morgan fingerprint density at radius 3 is 2.73 bits per heavy atom. The first-order valence-electron chi connectivity index (χ1n) is 8.18. The molecule has 3 rings (SSSR count). The van der Waals surface area contributed by atoms with Crippen LogP contribution >= 0.6 is 11.3 Å². The Hall–Kier alpha value is -2.22. The van der Waals surface area contributed by atoms with Crippen molar-refractivity contribution in [2.75, 3.05) is 13.1 Å². The van der Waals surface area contributed by atoms with Gasteiger partial charge in [-0.05, 0) is 31.9 Å². The fraction of sp³-hybridized carbons (Fsp3) is 0.389. The van der Waals surface area contributed by atoms with Crippen molar-refractivity contribution < 1.29 is 22.8 Å². The molecule has 1 saturated heterocycles. The molecule has 2 aromatic rings. The molecule has 2 heterocycles. The van der Waals surface area contributed by atoms with Crippen LogP contribution in [0.5, 0.6) is 0 Å². The number of nitrogens with zero attached hydrogens (tertiary/aromatic N) is 2. The van der Waals surface area contributed by atoms with E-state index in [1.54, 1.807) is 17.3 Å². The lowest BCUT2D eigenvalue weighted by Crippen LogP contribution is -2.42. The van der Waals surface area contributed by atoms with Crippen molar-refractivity contribution in [1.29, 1.82) is 0 Å². The maximum Gasteiger partial charge on any atom is 0.416 e. The van der Waals surface area contributed by atoms with E-state index in [0.717, 1.165) is 12.1 Å². The number of Topliss-reactive ketones (excluding diaryl/α,β-unsaturated/α-hetero) is 1. The van der Waals surface area contributed by atoms with Gasteiger partial charge in [0, 0.05) is 24.6 Å². The third-order valence-corrected chi connectivity index (χ3v) is 5.41. The van der Waals surface area contributed by atoms with Crippen molar-refractivity contribution >= 4 is 23.0 Å². The van der Waals surface area contributed by atoms with Crippen molar-refractivity contribution in [2.45, 2.75) is 25.9 Å². The lowest BCUT2D eigenvalue weighted by molar-refractivity contribution is -0.137. The summed E-state index contributed by atoms with van der Waals surface area (Å²) in [4.78, 5) is 31.5. The highest BCUT2D eigenvalue weighted by molar-refractivity contribution is 7.11. The third kappa shape index (κ3) is 3.80. The minimum atomic E-state index is -4.49. The predicted molar refractivity (Wildman–Crippen MR) is 91.3 cm³/mol. The first-order valence-corrected chi connectivity index (χ1v) is 9.06. The SMILES string of the molecule is Cc1ncsc1C(=O)N1CCC[C@H](C(=O)c2cccc(C(F)(F)F)c2)C1. The standard InChI is InChI=1S/C18H17F3N2O2S/c1-11-16(26-10-22-11)17(25)23-7-3-5-13(9-23)15(24)12-4-2-6-14(8-12)18(19,20)21/h2,4,6,8,10,13H,3,5,7,9H2,1H3/t13-/m0/s1. The molecule has 1 aliphatic rings. The molecule has 4 nitrogen and oxygen atoms in total. The Balaban J connectivity index is 1.76. The second kappa shape index (κ2) is 7.19. The Kier molecular flexibility index (Phi) is 5.13. The Morgan fingerprint density at radius 2 is 2.08 bits per heavy atom. The second-order valence-corrected chi connectivity index (χ2v) is 7.15. The quantitative estimate of drug-likeness (QED) is 0.748. The van der Waals surface area contributed by atoms with Crippen LogP contribution < -0.4 is 0 Å². The summed E-state index contributed by atoms with van der Waals surface area (Å²) < 4.78 is 38.6. The number of carbonyl (C=O) groups is 2. The molecule has 138 valence electrons. The molecule has 1 aromatic carbocycles. The van der Waals surface area contributed by atoms with Gasteiger partial charge in [0.1, 0.15) is 4.88 Å². The maximum atomic E-state index is 12.9. The van der Waals surface area contributed by atoms with E-state index in [0.29, 0.717) is 30.0 Å². The Bertz CT molecular complexity index is 832. The summed E-state index contributed by atoms with van der Waals surface area (Å²) in [6.07, 6.45) is -3.30. The monoisotopic (exact) mass is 382 g/mol. The summed E-state index contributed by atoms with van der Waals surface area (Å²) in [6, 6.07) is 4.46. The van der Waals surface area contributed by atoms with Gasteiger partial charge >= 0.3 is 6.18 Å². The van der Waals surface area contributed by atoms with Crippen LogP contribution in [-0.4, -0.2) is 34.7 Å². The van der Waals surface area contributed by atoms with E-state index in [2.05, 4.69) is 4.98 Å². The molecule has 0 N–H and O–H groups in total. The zero-order valence-corrected chi connectivity index (χ0v) is 14.9. The van der Waals surface area contributed by atoms with Gasteiger partial charge in [-0.15, -0.1) is 11.3 Å². The molecule has 1 fully saturated rings. The van der Waals surface area contributed by atoms with Gasteiger partial charge in [-0.1, -0.05) is 12.1 Å². The van der Waals surface area contributed by atoms with Crippen LogP contribution in [0, 0.1) is 12.8 Å². The third-order valence-electron chi connectivity index (χ3n) is 4.49. The van der Waals surface area contributed by atoms with Gasteiger partial charge in [0.05, 0.1) is 16.8 Å². The van der Waals surface area contributed by atoms with E-state index < -0.39 is 17.7 Å². The van der Waals surface area contributed by atoms with Crippen LogP contribution in [0.15, 0.2) is 29.8 Å². The van der Waals surface area contributed by atoms with E-state index in [4.69, 9.17) is 0 Å². The minimum absolute atomic E-state index is 0.0353. The summed E-state index contributed by atoms with van der Waals surface area (Å²) in [7, 11) is 0.